The van der Waals surface area contributed by atoms with Gasteiger partial charge in [0.05, 0.1) is 10.9 Å². The summed E-state index contributed by atoms with van der Waals surface area (Å²) >= 11 is 1.58. The van der Waals surface area contributed by atoms with Gasteiger partial charge in [-0.15, -0.1) is 11.3 Å². The molecule has 1 aromatic carbocycles. The van der Waals surface area contributed by atoms with Gasteiger partial charge in [0.1, 0.15) is 11.6 Å². The second-order valence-electron chi connectivity index (χ2n) is 6.71. The summed E-state index contributed by atoms with van der Waals surface area (Å²) in [6.45, 7) is 4.19. The molecule has 142 valence electrons. The first-order valence-corrected chi connectivity index (χ1v) is 10.9. The van der Waals surface area contributed by atoms with Crippen molar-refractivity contribution in [2.45, 2.75) is 30.7 Å². The summed E-state index contributed by atoms with van der Waals surface area (Å²) < 4.78 is 54.2. The van der Waals surface area contributed by atoms with Gasteiger partial charge in [-0.2, -0.15) is 0 Å². The van der Waals surface area contributed by atoms with E-state index in [0.717, 1.165) is 42.9 Å². The molecule has 1 atom stereocenters. The van der Waals surface area contributed by atoms with Gasteiger partial charge in [0.25, 0.3) is 0 Å². The van der Waals surface area contributed by atoms with Gasteiger partial charge in [0.2, 0.25) is 10.0 Å². The number of piperidine rings is 1. The van der Waals surface area contributed by atoms with Crippen LogP contribution in [0, 0.1) is 17.6 Å². The summed E-state index contributed by atoms with van der Waals surface area (Å²) in [5, 5.41) is 1.96. The summed E-state index contributed by atoms with van der Waals surface area (Å²) in [5.74, 6) is -1.16. The maximum absolute atomic E-state index is 13.4. The molecular formula is C18H22F2N2O2S2. The van der Waals surface area contributed by atoms with E-state index in [1.807, 2.05) is 17.5 Å². The van der Waals surface area contributed by atoms with Crippen LogP contribution in [0.4, 0.5) is 8.78 Å². The average Bonchev–Trinajstić information content (AvgIpc) is 3.10. The van der Waals surface area contributed by atoms with Crippen molar-refractivity contribution in [2.24, 2.45) is 5.92 Å². The van der Waals surface area contributed by atoms with Crippen molar-refractivity contribution in [3.8, 4) is 0 Å². The average molecular weight is 401 g/mol. The molecule has 0 spiro atoms. The quantitative estimate of drug-likeness (QED) is 0.803. The van der Waals surface area contributed by atoms with Gasteiger partial charge in [-0.3, -0.25) is 4.90 Å². The smallest absolute Gasteiger partial charge is 0.240 e. The molecule has 0 saturated carbocycles. The van der Waals surface area contributed by atoms with Crippen molar-refractivity contribution < 1.29 is 17.2 Å². The highest BCUT2D eigenvalue weighted by Gasteiger charge is 2.27. The number of nitrogens with zero attached hydrogens (tertiary/aromatic N) is 1. The van der Waals surface area contributed by atoms with Crippen LogP contribution >= 0.6 is 11.3 Å². The maximum Gasteiger partial charge on any atom is 0.240 e. The number of hydrogen-bond acceptors (Lipinski definition) is 4. The number of likely N-dealkylation sites (tertiary alicyclic amines) is 1. The third-order valence-corrected chi connectivity index (χ3v) is 7.12. The zero-order valence-corrected chi connectivity index (χ0v) is 16.1. The highest BCUT2D eigenvalue weighted by Crippen LogP contribution is 2.29. The molecule has 0 amide bonds. The second-order valence-corrected chi connectivity index (χ2v) is 9.45. The zero-order chi connectivity index (χ0) is 18.7. The lowest BCUT2D eigenvalue weighted by molar-refractivity contribution is 0.141. The van der Waals surface area contributed by atoms with E-state index in [4.69, 9.17) is 0 Å². The molecule has 1 unspecified atom stereocenters. The first kappa shape index (κ1) is 19.4. The van der Waals surface area contributed by atoms with Crippen LogP contribution in [0.1, 0.15) is 30.7 Å². The Kier molecular flexibility index (Phi) is 6.06. The molecule has 1 fully saturated rings. The molecule has 1 N–H and O–H groups in total. The van der Waals surface area contributed by atoms with Gasteiger partial charge in [-0.05, 0) is 55.4 Å². The summed E-state index contributed by atoms with van der Waals surface area (Å²) in [7, 11) is -3.99. The van der Waals surface area contributed by atoms with Gasteiger partial charge in [-0.25, -0.2) is 21.9 Å². The van der Waals surface area contributed by atoms with Crippen LogP contribution in [0.2, 0.25) is 0 Å². The third kappa shape index (κ3) is 4.68. The van der Waals surface area contributed by atoms with Gasteiger partial charge in [-0.1, -0.05) is 13.0 Å². The number of thiophene rings is 1. The van der Waals surface area contributed by atoms with Crippen LogP contribution in [0.25, 0.3) is 0 Å². The van der Waals surface area contributed by atoms with Crippen LogP contribution < -0.4 is 4.72 Å². The number of hydrogen-bond donors (Lipinski definition) is 1. The Bertz CT molecular complexity index is 813. The molecule has 1 saturated heterocycles. The Balaban J connectivity index is 1.77. The Morgan fingerprint density at radius 3 is 2.46 bits per heavy atom. The molecule has 3 rings (SSSR count). The highest BCUT2D eigenvalue weighted by molar-refractivity contribution is 7.89. The number of sulfonamides is 1. The molecule has 1 aliphatic rings. The van der Waals surface area contributed by atoms with Gasteiger partial charge in [0.15, 0.2) is 0 Å². The van der Waals surface area contributed by atoms with Crippen molar-refractivity contribution in [3.05, 3.63) is 52.2 Å². The summed E-state index contributed by atoms with van der Waals surface area (Å²) in [5.41, 5.74) is 0. The minimum Gasteiger partial charge on any atom is -0.294 e. The molecule has 0 aliphatic carbocycles. The third-order valence-electron chi connectivity index (χ3n) is 4.74. The fraction of sp³-hybridized carbons (Fsp3) is 0.444. The Morgan fingerprint density at radius 1 is 1.23 bits per heavy atom. The van der Waals surface area contributed by atoms with E-state index in [1.165, 1.54) is 0 Å². The normalized spacial score (nSPS) is 18.1. The van der Waals surface area contributed by atoms with Crippen molar-refractivity contribution in [1.29, 1.82) is 0 Å². The van der Waals surface area contributed by atoms with Crippen molar-refractivity contribution in [3.63, 3.8) is 0 Å². The summed E-state index contributed by atoms with van der Waals surface area (Å²) in [6.07, 6.45) is 2.15. The van der Waals surface area contributed by atoms with Gasteiger partial charge >= 0.3 is 0 Å². The molecule has 1 aromatic heterocycles. The number of rotatable bonds is 6. The molecular weight excluding hydrogens is 378 g/mol. The SMILES string of the molecule is CC1CCN(C(CNS(=O)(=O)c2cc(F)cc(F)c2)c2cccs2)CC1. The second kappa shape index (κ2) is 8.12. The van der Waals surface area contributed by atoms with Crippen LogP contribution in [-0.4, -0.2) is 33.0 Å². The number of benzene rings is 1. The Labute approximate surface area is 156 Å². The van der Waals surface area contributed by atoms with E-state index in [9.17, 15) is 17.2 Å². The predicted octanol–water partition coefficient (Wildman–Crippen LogP) is 3.78. The van der Waals surface area contributed by atoms with Crippen LogP contribution in [0.3, 0.4) is 0 Å². The summed E-state index contributed by atoms with van der Waals surface area (Å²) in [4.78, 5) is 2.96. The topological polar surface area (TPSA) is 49.4 Å². The van der Waals surface area contributed by atoms with E-state index in [2.05, 4.69) is 16.5 Å². The first-order valence-electron chi connectivity index (χ1n) is 8.58. The molecule has 2 aromatic rings. The first-order chi connectivity index (χ1) is 12.3. The minimum absolute atomic E-state index is 0.0873. The largest absolute Gasteiger partial charge is 0.294 e. The standard InChI is InChI=1S/C18H22F2N2O2S2/c1-13-4-6-22(7-5-13)17(18-3-2-8-25-18)12-21-26(23,24)16-10-14(19)9-15(20)11-16/h2-3,8-11,13,17,21H,4-7,12H2,1H3. The lowest BCUT2D eigenvalue weighted by Crippen LogP contribution is -2.41. The molecule has 2 heterocycles. The molecule has 26 heavy (non-hydrogen) atoms. The molecule has 0 bridgehead atoms. The predicted molar refractivity (Wildman–Crippen MR) is 98.6 cm³/mol. The van der Waals surface area contributed by atoms with E-state index in [0.29, 0.717) is 12.0 Å². The molecule has 8 heteroatoms. The van der Waals surface area contributed by atoms with E-state index < -0.39 is 26.6 Å². The summed E-state index contributed by atoms with van der Waals surface area (Å²) in [6, 6.07) is 6.15. The highest BCUT2D eigenvalue weighted by atomic mass is 32.2. The number of halogens is 2. The minimum atomic E-state index is -3.99. The Hall–Kier alpha value is -1.35. The maximum atomic E-state index is 13.4. The van der Waals surface area contributed by atoms with Crippen molar-refractivity contribution >= 4 is 21.4 Å². The number of nitrogens with one attached hydrogen (secondary N) is 1. The molecule has 4 nitrogen and oxygen atoms in total. The Morgan fingerprint density at radius 2 is 1.88 bits per heavy atom. The van der Waals surface area contributed by atoms with E-state index in [1.54, 1.807) is 11.3 Å². The van der Waals surface area contributed by atoms with Crippen molar-refractivity contribution in [2.75, 3.05) is 19.6 Å². The molecule has 1 aliphatic heterocycles. The van der Waals surface area contributed by atoms with Gasteiger partial charge in [0, 0.05) is 17.5 Å². The van der Waals surface area contributed by atoms with Crippen molar-refractivity contribution in [1.82, 2.24) is 9.62 Å². The van der Waals surface area contributed by atoms with Crippen LogP contribution in [0.5, 0.6) is 0 Å². The van der Waals surface area contributed by atoms with E-state index >= 15 is 0 Å². The fourth-order valence-corrected chi connectivity index (χ4v) is 5.13. The van der Waals surface area contributed by atoms with E-state index in [-0.39, 0.29) is 12.6 Å². The van der Waals surface area contributed by atoms with Crippen LogP contribution in [-0.2, 0) is 10.0 Å². The lowest BCUT2D eigenvalue weighted by Gasteiger charge is -2.36. The van der Waals surface area contributed by atoms with Crippen LogP contribution in [0.15, 0.2) is 40.6 Å². The molecule has 0 radical (unpaired) electrons. The zero-order valence-electron chi connectivity index (χ0n) is 14.5. The lowest BCUT2D eigenvalue weighted by atomic mass is 9.97. The van der Waals surface area contributed by atoms with Gasteiger partial charge < -0.3 is 0 Å². The monoisotopic (exact) mass is 400 g/mol. The fourth-order valence-electron chi connectivity index (χ4n) is 3.19.